The highest BCUT2D eigenvalue weighted by Crippen LogP contribution is 2.43. The second-order valence-corrected chi connectivity index (χ2v) is 6.54. The van der Waals surface area contributed by atoms with E-state index in [4.69, 9.17) is 51.7 Å². The summed E-state index contributed by atoms with van der Waals surface area (Å²) in [6, 6.07) is 14.5. The Hall–Kier alpha value is -0.910. The molecule has 0 radical (unpaired) electrons. The van der Waals surface area contributed by atoms with Gasteiger partial charge in [-0.25, -0.2) is 0 Å². The summed E-state index contributed by atoms with van der Waals surface area (Å²) in [4.78, 5) is 0. The van der Waals surface area contributed by atoms with Crippen molar-refractivity contribution >= 4 is 46.4 Å². The van der Waals surface area contributed by atoms with Crippen molar-refractivity contribution in [2.75, 3.05) is 0 Å². The van der Waals surface area contributed by atoms with Gasteiger partial charge in [-0.1, -0.05) is 76.7 Å². The van der Waals surface area contributed by atoms with Crippen molar-refractivity contribution in [3.05, 3.63) is 58.6 Å². The van der Waals surface area contributed by atoms with Crippen molar-refractivity contribution in [2.24, 2.45) is 0 Å². The molecule has 96 valence electrons. The topological polar surface area (TPSA) is 23.8 Å². The third-order valence-corrected chi connectivity index (χ3v) is 3.56. The number of rotatable bonds is 1. The third-order valence-electron chi connectivity index (χ3n) is 2.63. The molecule has 2 aromatic rings. The number of benzene rings is 2. The van der Waals surface area contributed by atoms with Crippen LogP contribution in [0.2, 0.25) is 5.02 Å². The number of nitrogens with zero attached hydrogens (tertiary/aromatic N) is 1. The van der Waals surface area contributed by atoms with E-state index < -0.39 is 3.79 Å². The molecule has 0 spiro atoms. The summed E-state index contributed by atoms with van der Waals surface area (Å²) in [5.41, 5.74) is 2.58. The van der Waals surface area contributed by atoms with Gasteiger partial charge in [0.25, 0.3) is 0 Å². The Morgan fingerprint density at radius 3 is 2.26 bits per heavy atom. The second kappa shape index (κ2) is 5.61. The van der Waals surface area contributed by atoms with Crippen molar-refractivity contribution < 1.29 is 0 Å². The average molecular weight is 331 g/mol. The summed E-state index contributed by atoms with van der Waals surface area (Å²) in [6.07, 6.45) is 0. The van der Waals surface area contributed by atoms with E-state index in [0.717, 1.165) is 11.1 Å². The minimum absolute atomic E-state index is 0.352. The van der Waals surface area contributed by atoms with Crippen LogP contribution in [0.25, 0.3) is 11.1 Å². The summed E-state index contributed by atoms with van der Waals surface area (Å²) in [5.74, 6) is 0. The zero-order valence-electron chi connectivity index (χ0n) is 9.50. The van der Waals surface area contributed by atoms with E-state index in [1.807, 2.05) is 12.1 Å². The van der Waals surface area contributed by atoms with Gasteiger partial charge in [0.05, 0.1) is 11.6 Å². The fourth-order valence-electron chi connectivity index (χ4n) is 1.74. The van der Waals surface area contributed by atoms with Crippen LogP contribution in [0.3, 0.4) is 0 Å². The highest BCUT2D eigenvalue weighted by atomic mass is 35.6. The number of alkyl halides is 3. The van der Waals surface area contributed by atoms with Crippen molar-refractivity contribution in [3.8, 4) is 17.2 Å². The Morgan fingerprint density at radius 1 is 1.00 bits per heavy atom. The average Bonchev–Trinajstić information content (AvgIpc) is 2.37. The molecule has 0 atom stereocenters. The molecule has 0 aromatic heterocycles. The molecule has 5 heteroatoms. The third kappa shape index (κ3) is 3.16. The van der Waals surface area contributed by atoms with Gasteiger partial charge in [-0.05, 0) is 23.3 Å². The van der Waals surface area contributed by atoms with E-state index >= 15 is 0 Å². The van der Waals surface area contributed by atoms with Crippen LogP contribution >= 0.6 is 46.4 Å². The highest BCUT2D eigenvalue weighted by molar-refractivity contribution is 6.67. The smallest absolute Gasteiger partial charge is 0.192 e. The lowest BCUT2D eigenvalue weighted by atomic mass is 9.99. The normalized spacial score (nSPS) is 11.1. The van der Waals surface area contributed by atoms with E-state index in [1.165, 1.54) is 0 Å². The summed E-state index contributed by atoms with van der Waals surface area (Å²) < 4.78 is -1.57. The first-order chi connectivity index (χ1) is 8.93. The van der Waals surface area contributed by atoms with Crippen molar-refractivity contribution in [1.82, 2.24) is 0 Å². The molecular weight excluding hydrogens is 324 g/mol. The van der Waals surface area contributed by atoms with Crippen LogP contribution in [-0.2, 0) is 3.79 Å². The zero-order chi connectivity index (χ0) is 14.0. The lowest BCUT2D eigenvalue weighted by Gasteiger charge is -2.14. The Kier molecular flexibility index (Phi) is 4.28. The van der Waals surface area contributed by atoms with Gasteiger partial charge in [0.1, 0.15) is 0 Å². The van der Waals surface area contributed by atoms with Gasteiger partial charge in [-0.2, -0.15) is 5.26 Å². The van der Waals surface area contributed by atoms with Gasteiger partial charge in [0, 0.05) is 10.6 Å². The quantitative estimate of drug-likeness (QED) is 0.615. The molecule has 0 heterocycles. The molecule has 2 aromatic carbocycles. The predicted molar refractivity (Wildman–Crippen MR) is 80.8 cm³/mol. The van der Waals surface area contributed by atoms with Gasteiger partial charge >= 0.3 is 0 Å². The van der Waals surface area contributed by atoms with Crippen LogP contribution in [0, 0.1) is 11.3 Å². The molecule has 0 saturated carbocycles. The van der Waals surface area contributed by atoms with Crippen LogP contribution in [-0.4, -0.2) is 0 Å². The minimum Gasteiger partial charge on any atom is -0.192 e. The Morgan fingerprint density at radius 2 is 1.68 bits per heavy atom. The largest absolute Gasteiger partial charge is 0.217 e. The molecule has 0 amide bonds. The van der Waals surface area contributed by atoms with Crippen LogP contribution in [0.1, 0.15) is 11.1 Å². The Bertz CT molecular complexity index is 653. The molecular formula is C14H7Cl4N. The Balaban J connectivity index is 2.55. The number of hydrogen-bond donors (Lipinski definition) is 0. The fourth-order valence-corrected chi connectivity index (χ4v) is 2.71. The summed E-state index contributed by atoms with van der Waals surface area (Å²) in [7, 11) is 0. The number of nitriles is 1. The first-order valence-electron chi connectivity index (χ1n) is 5.29. The predicted octanol–water partition coefficient (Wildman–Crippen LogP) is 5.71. The summed E-state index contributed by atoms with van der Waals surface area (Å²) in [6.45, 7) is 0. The first kappa shape index (κ1) is 14.5. The van der Waals surface area contributed by atoms with Crippen LogP contribution in [0.15, 0.2) is 42.5 Å². The van der Waals surface area contributed by atoms with Gasteiger partial charge in [0.2, 0.25) is 3.79 Å². The molecule has 19 heavy (non-hydrogen) atoms. The maximum absolute atomic E-state index is 9.09. The molecule has 0 bridgehead atoms. The molecule has 0 N–H and O–H groups in total. The summed E-state index contributed by atoms with van der Waals surface area (Å²) in [5, 5.41) is 9.44. The van der Waals surface area contributed by atoms with Crippen LogP contribution < -0.4 is 0 Å². The van der Waals surface area contributed by atoms with E-state index in [1.54, 1.807) is 30.3 Å². The second-order valence-electron chi connectivity index (χ2n) is 3.85. The van der Waals surface area contributed by atoms with Crippen LogP contribution in [0.5, 0.6) is 0 Å². The number of halogens is 4. The van der Waals surface area contributed by atoms with E-state index in [2.05, 4.69) is 6.07 Å². The van der Waals surface area contributed by atoms with E-state index in [9.17, 15) is 0 Å². The maximum Gasteiger partial charge on any atom is 0.217 e. The lowest BCUT2D eigenvalue weighted by molar-refractivity contribution is 1.24. The van der Waals surface area contributed by atoms with Gasteiger partial charge in [-0.3, -0.25) is 0 Å². The molecule has 0 unspecified atom stereocenters. The molecule has 2 rings (SSSR count). The number of hydrogen-bond acceptors (Lipinski definition) is 1. The summed E-state index contributed by atoms with van der Waals surface area (Å²) >= 11 is 23.6. The molecule has 0 fully saturated rings. The SMILES string of the molecule is N#Cc1ccccc1-c1ccc(C(Cl)(Cl)Cl)c(Cl)c1. The van der Waals surface area contributed by atoms with Crippen LogP contribution in [0.4, 0.5) is 0 Å². The van der Waals surface area contributed by atoms with Gasteiger partial charge < -0.3 is 0 Å². The molecule has 0 aliphatic rings. The van der Waals surface area contributed by atoms with Gasteiger partial charge in [-0.15, -0.1) is 0 Å². The Labute approximate surface area is 131 Å². The van der Waals surface area contributed by atoms with E-state index in [-0.39, 0.29) is 0 Å². The molecule has 1 nitrogen and oxygen atoms in total. The van der Waals surface area contributed by atoms with Crippen molar-refractivity contribution in [3.63, 3.8) is 0 Å². The molecule has 0 saturated heterocycles. The standard InChI is InChI=1S/C14H7Cl4N/c15-13-7-9(5-6-12(13)14(16,17)18)11-4-2-1-3-10(11)8-19/h1-7H. The molecule has 0 aliphatic carbocycles. The van der Waals surface area contributed by atoms with Crippen molar-refractivity contribution in [1.29, 1.82) is 5.26 Å². The van der Waals surface area contributed by atoms with Gasteiger partial charge in [0.15, 0.2) is 0 Å². The first-order valence-corrected chi connectivity index (χ1v) is 6.81. The minimum atomic E-state index is -1.57. The molecule has 0 aliphatic heterocycles. The fraction of sp³-hybridized carbons (Fsp3) is 0.0714. The monoisotopic (exact) mass is 329 g/mol. The van der Waals surface area contributed by atoms with E-state index in [0.29, 0.717) is 16.1 Å². The maximum atomic E-state index is 9.09. The highest BCUT2D eigenvalue weighted by Gasteiger charge is 2.25. The zero-order valence-corrected chi connectivity index (χ0v) is 12.5. The lowest BCUT2D eigenvalue weighted by Crippen LogP contribution is -2.01. The van der Waals surface area contributed by atoms with Crippen molar-refractivity contribution in [2.45, 2.75) is 3.79 Å².